The summed E-state index contributed by atoms with van der Waals surface area (Å²) in [6.45, 7) is 0. The van der Waals surface area contributed by atoms with Gasteiger partial charge in [0.1, 0.15) is 5.58 Å². The van der Waals surface area contributed by atoms with Gasteiger partial charge in [-0.2, -0.15) is 0 Å². The van der Waals surface area contributed by atoms with E-state index in [2.05, 4.69) is 168 Å². The van der Waals surface area contributed by atoms with Gasteiger partial charge in [0.2, 0.25) is 0 Å². The molecular formula is C45H30N2O. The van der Waals surface area contributed by atoms with E-state index >= 15 is 0 Å². The van der Waals surface area contributed by atoms with Gasteiger partial charge in [-0.3, -0.25) is 4.98 Å². The van der Waals surface area contributed by atoms with Crippen LogP contribution in [0, 0.1) is 0 Å². The van der Waals surface area contributed by atoms with Crippen molar-refractivity contribution in [3.8, 4) is 33.4 Å². The van der Waals surface area contributed by atoms with E-state index in [1.807, 2.05) is 18.3 Å². The lowest BCUT2D eigenvalue weighted by atomic mass is 10.00. The highest BCUT2D eigenvalue weighted by Gasteiger charge is 2.16. The summed E-state index contributed by atoms with van der Waals surface area (Å²) in [6, 6.07) is 60.3. The van der Waals surface area contributed by atoms with Crippen LogP contribution in [0.15, 0.2) is 187 Å². The molecule has 3 nitrogen and oxygen atoms in total. The summed E-state index contributed by atoms with van der Waals surface area (Å²) >= 11 is 0. The molecule has 9 aromatic rings. The Labute approximate surface area is 279 Å². The number of aromatic nitrogens is 1. The Hall–Kier alpha value is -6.45. The SMILES string of the molecule is c1ccc(-c2ccc(N(c3ccc(-c4ccc5ccccc5c4)cc3)c3ccc(-c4cncc5oc6ccccc6c45)cc3)cc2)cc1. The summed E-state index contributed by atoms with van der Waals surface area (Å²) < 4.78 is 6.13. The highest BCUT2D eigenvalue weighted by molar-refractivity contribution is 6.12. The molecule has 0 saturated heterocycles. The average Bonchev–Trinajstić information content (AvgIpc) is 3.55. The number of anilines is 3. The fraction of sp³-hybridized carbons (Fsp3) is 0. The molecule has 0 radical (unpaired) electrons. The van der Waals surface area contributed by atoms with Crippen LogP contribution < -0.4 is 4.90 Å². The molecule has 0 amide bonds. The molecule has 0 saturated carbocycles. The van der Waals surface area contributed by atoms with E-state index in [1.165, 1.54) is 33.0 Å². The van der Waals surface area contributed by atoms with Gasteiger partial charge in [-0.25, -0.2) is 0 Å². The first kappa shape index (κ1) is 27.8. The first-order valence-corrected chi connectivity index (χ1v) is 16.2. The van der Waals surface area contributed by atoms with Crippen molar-refractivity contribution in [3.63, 3.8) is 0 Å². The van der Waals surface area contributed by atoms with Crippen molar-refractivity contribution in [3.05, 3.63) is 182 Å². The normalized spacial score (nSPS) is 11.3. The van der Waals surface area contributed by atoms with E-state index in [0.717, 1.165) is 50.1 Å². The average molecular weight is 615 g/mol. The van der Waals surface area contributed by atoms with E-state index in [4.69, 9.17) is 4.42 Å². The molecule has 0 aliphatic carbocycles. The predicted molar refractivity (Wildman–Crippen MR) is 200 cm³/mol. The molecule has 0 spiro atoms. The summed E-state index contributed by atoms with van der Waals surface area (Å²) in [5.74, 6) is 0. The van der Waals surface area contributed by atoms with Gasteiger partial charge >= 0.3 is 0 Å². The monoisotopic (exact) mass is 614 g/mol. The summed E-state index contributed by atoms with van der Waals surface area (Å²) in [4.78, 5) is 6.83. The first-order chi connectivity index (χ1) is 23.8. The van der Waals surface area contributed by atoms with Crippen LogP contribution in [0.3, 0.4) is 0 Å². The smallest absolute Gasteiger partial charge is 0.154 e. The fourth-order valence-corrected chi connectivity index (χ4v) is 6.74. The molecule has 48 heavy (non-hydrogen) atoms. The highest BCUT2D eigenvalue weighted by atomic mass is 16.3. The molecule has 2 heterocycles. The van der Waals surface area contributed by atoms with Gasteiger partial charge in [0.25, 0.3) is 0 Å². The minimum Gasteiger partial charge on any atom is -0.454 e. The number of hydrogen-bond donors (Lipinski definition) is 0. The minimum absolute atomic E-state index is 0.796. The van der Waals surface area contributed by atoms with Crippen LogP contribution in [-0.2, 0) is 0 Å². The molecular weight excluding hydrogens is 585 g/mol. The van der Waals surface area contributed by atoms with E-state index in [9.17, 15) is 0 Å². The van der Waals surface area contributed by atoms with Crippen LogP contribution >= 0.6 is 0 Å². The van der Waals surface area contributed by atoms with Crippen molar-refractivity contribution in [1.29, 1.82) is 0 Å². The van der Waals surface area contributed by atoms with Crippen LogP contribution in [0.5, 0.6) is 0 Å². The van der Waals surface area contributed by atoms with E-state index in [0.29, 0.717) is 0 Å². The van der Waals surface area contributed by atoms with Crippen molar-refractivity contribution in [1.82, 2.24) is 4.98 Å². The molecule has 226 valence electrons. The lowest BCUT2D eigenvalue weighted by molar-refractivity contribution is 0.667. The van der Waals surface area contributed by atoms with E-state index in [1.54, 1.807) is 6.20 Å². The Morgan fingerprint density at radius 1 is 0.396 bits per heavy atom. The summed E-state index contributed by atoms with van der Waals surface area (Å²) in [7, 11) is 0. The number of para-hydroxylation sites is 1. The predicted octanol–water partition coefficient (Wildman–Crippen LogP) is 12.6. The van der Waals surface area contributed by atoms with Gasteiger partial charge < -0.3 is 9.32 Å². The Bertz CT molecular complexity index is 2530. The molecule has 0 aliphatic rings. The molecule has 3 heteroatoms. The number of rotatable bonds is 6. The lowest BCUT2D eigenvalue weighted by Gasteiger charge is -2.26. The maximum atomic E-state index is 6.13. The number of pyridine rings is 1. The molecule has 0 atom stereocenters. The Kier molecular flexibility index (Phi) is 6.80. The number of benzene rings is 7. The second-order valence-electron chi connectivity index (χ2n) is 12.1. The highest BCUT2D eigenvalue weighted by Crippen LogP contribution is 2.40. The summed E-state index contributed by atoms with van der Waals surface area (Å²) in [5, 5.41) is 4.68. The van der Waals surface area contributed by atoms with Crippen molar-refractivity contribution >= 4 is 49.8 Å². The topological polar surface area (TPSA) is 29.3 Å². The number of nitrogens with zero attached hydrogens (tertiary/aromatic N) is 2. The zero-order valence-electron chi connectivity index (χ0n) is 26.1. The van der Waals surface area contributed by atoms with Crippen LogP contribution in [0.2, 0.25) is 0 Å². The van der Waals surface area contributed by atoms with Gasteiger partial charge in [-0.05, 0) is 87.1 Å². The van der Waals surface area contributed by atoms with Gasteiger partial charge in [0.05, 0.1) is 6.20 Å². The summed E-state index contributed by atoms with van der Waals surface area (Å²) in [6.07, 6.45) is 3.74. The molecule has 0 unspecified atom stereocenters. The third-order valence-electron chi connectivity index (χ3n) is 9.16. The standard InChI is InChI=1S/C45H30N2O/c1-2-8-31(9-3-1)33-16-22-38(23-17-33)47(39-24-18-34(19-25-39)37-15-14-32-10-4-5-11-36(32)28-37)40-26-20-35(21-27-40)42-29-46-30-44-45(42)41-12-6-7-13-43(41)48-44/h1-30H. The van der Waals surface area contributed by atoms with Gasteiger partial charge in [0, 0.05) is 39.6 Å². The zero-order valence-corrected chi connectivity index (χ0v) is 26.1. The molecule has 0 bridgehead atoms. The second kappa shape index (κ2) is 11.7. The van der Waals surface area contributed by atoms with Gasteiger partial charge in [-0.1, -0.05) is 121 Å². The van der Waals surface area contributed by atoms with Crippen molar-refractivity contribution in [2.75, 3.05) is 4.90 Å². The van der Waals surface area contributed by atoms with Crippen molar-refractivity contribution in [2.45, 2.75) is 0 Å². The number of hydrogen-bond acceptors (Lipinski definition) is 3. The van der Waals surface area contributed by atoms with E-state index < -0.39 is 0 Å². The molecule has 0 fully saturated rings. The van der Waals surface area contributed by atoms with Crippen LogP contribution in [-0.4, -0.2) is 4.98 Å². The third-order valence-corrected chi connectivity index (χ3v) is 9.16. The summed E-state index contributed by atoms with van der Waals surface area (Å²) in [5.41, 5.74) is 11.8. The van der Waals surface area contributed by atoms with Crippen molar-refractivity contribution in [2.24, 2.45) is 0 Å². The molecule has 0 N–H and O–H groups in total. The maximum absolute atomic E-state index is 6.13. The number of fused-ring (bicyclic) bond motifs is 4. The largest absolute Gasteiger partial charge is 0.454 e. The Morgan fingerprint density at radius 2 is 0.938 bits per heavy atom. The van der Waals surface area contributed by atoms with Crippen LogP contribution in [0.25, 0.3) is 66.1 Å². The number of furan rings is 1. The van der Waals surface area contributed by atoms with Gasteiger partial charge in [-0.15, -0.1) is 0 Å². The van der Waals surface area contributed by atoms with Crippen LogP contribution in [0.4, 0.5) is 17.1 Å². The van der Waals surface area contributed by atoms with Crippen LogP contribution in [0.1, 0.15) is 0 Å². The maximum Gasteiger partial charge on any atom is 0.154 e. The third kappa shape index (κ3) is 4.99. The fourth-order valence-electron chi connectivity index (χ4n) is 6.74. The lowest BCUT2D eigenvalue weighted by Crippen LogP contribution is -2.09. The second-order valence-corrected chi connectivity index (χ2v) is 12.1. The zero-order chi connectivity index (χ0) is 31.9. The van der Waals surface area contributed by atoms with E-state index in [-0.39, 0.29) is 0 Å². The molecule has 2 aromatic heterocycles. The first-order valence-electron chi connectivity index (χ1n) is 16.2. The van der Waals surface area contributed by atoms with Crippen molar-refractivity contribution < 1.29 is 4.42 Å². The molecule has 9 rings (SSSR count). The quantitative estimate of drug-likeness (QED) is 0.187. The Balaban J connectivity index is 1.11. The molecule has 7 aromatic carbocycles. The minimum atomic E-state index is 0.796. The van der Waals surface area contributed by atoms with Gasteiger partial charge in [0.15, 0.2) is 5.58 Å². The Morgan fingerprint density at radius 3 is 1.65 bits per heavy atom. The molecule has 0 aliphatic heterocycles.